The number of piperidine rings is 1. The minimum absolute atomic E-state index is 0.119. The lowest BCUT2D eigenvalue weighted by atomic mass is 10.1. The average Bonchev–Trinajstić information content (AvgIpc) is 2.59. The van der Waals surface area contributed by atoms with Crippen LogP contribution >= 0.6 is 0 Å². The molecule has 0 aliphatic carbocycles. The van der Waals surface area contributed by atoms with E-state index < -0.39 is 5.60 Å². The summed E-state index contributed by atoms with van der Waals surface area (Å²) in [4.78, 5) is 20.2. The third-order valence-corrected chi connectivity index (χ3v) is 3.99. The Kier molecular flexibility index (Phi) is 6.67. The summed E-state index contributed by atoms with van der Waals surface area (Å²) in [6, 6.07) is 7.85. The van der Waals surface area contributed by atoms with Crippen LogP contribution < -0.4 is 5.32 Å². The first-order chi connectivity index (χ1) is 12.7. The number of nitrogens with one attached hydrogen (secondary N) is 1. The van der Waals surface area contributed by atoms with E-state index in [9.17, 15) is 10.1 Å². The molecular formula is C20H29N5O2. The molecule has 146 valence electrons. The van der Waals surface area contributed by atoms with Crippen molar-refractivity contribution in [2.75, 3.05) is 32.5 Å². The van der Waals surface area contributed by atoms with Crippen LogP contribution in [0, 0.1) is 11.3 Å². The Balaban J connectivity index is 2.04. The van der Waals surface area contributed by atoms with E-state index >= 15 is 0 Å². The fourth-order valence-electron chi connectivity index (χ4n) is 2.83. The number of carbonyl (C=O) groups excluding carboxylic acids is 1. The van der Waals surface area contributed by atoms with Crippen LogP contribution in [0.15, 0.2) is 23.2 Å². The second kappa shape index (κ2) is 8.76. The number of likely N-dealkylation sites (tertiary alicyclic amines) is 1. The van der Waals surface area contributed by atoms with Gasteiger partial charge in [0.15, 0.2) is 0 Å². The number of benzene rings is 1. The summed E-state index contributed by atoms with van der Waals surface area (Å²) >= 11 is 0. The van der Waals surface area contributed by atoms with E-state index in [1.807, 2.05) is 51.9 Å². The molecule has 0 saturated carbocycles. The Morgan fingerprint density at radius 1 is 1.44 bits per heavy atom. The predicted molar refractivity (Wildman–Crippen MR) is 107 cm³/mol. The molecule has 1 aromatic rings. The van der Waals surface area contributed by atoms with Crippen molar-refractivity contribution in [1.29, 1.82) is 5.26 Å². The second-order valence-corrected chi connectivity index (χ2v) is 7.96. The molecule has 1 atom stereocenters. The van der Waals surface area contributed by atoms with Gasteiger partial charge in [0.05, 0.1) is 17.6 Å². The highest BCUT2D eigenvalue weighted by atomic mass is 16.6. The van der Waals surface area contributed by atoms with Gasteiger partial charge in [-0.05, 0) is 51.8 Å². The highest BCUT2D eigenvalue weighted by Gasteiger charge is 2.27. The molecule has 1 heterocycles. The van der Waals surface area contributed by atoms with Gasteiger partial charge in [0.25, 0.3) is 0 Å². The van der Waals surface area contributed by atoms with Gasteiger partial charge < -0.3 is 19.9 Å². The summed E-state index contributed by atoms with van der Waals surface area (Å²) in [5, 5.41) is 12.8. The van der Waals surface area contributed by atoms with Crippen LogP contribution in [0.1, 0.15) is 39.2 Å². The monoisotopic (exact) mass is 371 g/mol. The topological polar surface area (TPSA) is 81.0 Å². The quantitative estimate of drug-likeness (QED) is 0.646. The summed E-state index contributed by atoms with van der Waals surface area (Å²) in [6.45, 7) is 6.89. The van der Waals surface area contributed by atoms with Gasteiger partial charge in [-0.2, -0.15) is 5.26 Å². The lowest BCUT2D eigenvalue weighted by Crippen LogP contribution is -2.46. The Morgan fingerprint density at radius 2 is 2.19 bits per heavy atom. The van der Waals surface area contributed by atoms with E-state index in [1.54, 1.807) is 17.3 Å². The molecule has 0 bridgehead atoms. The third kappa shape index (κ3) is 6.48. The predicted octanol–water partition coefficient (Wildman–Crippen LogP) is 3.59. The Morgan fingerprint density at radius 3 is 2.81 bits per heavy atom. The first-order valence-corrected chi connectivity index (χ1v) is 9.17. The van der Waals surface area contributed by atoms with Crippen LogP contribution in [0.2, 0.25) is 0 Å². The maximum absolute atomic E-state index is 12.3. The lowest BCUT2D eigenvalue weighted by molar-refractivity contribution is 0.0206. The number of carbonyl (C=O) groups is 1. The van der Waals surface area contributed by atoms with Crippen LogP contribution in [0.25, 0.3) is 0 Å². The molecular weight excluding hydrogens is 342 g/mol. The summed E-state index contributed by atoms with van der Waals surface area (Å²) < 4.78 is 5.47. The van der Waals surface area contributed by atoms with E-state index in [1.165, 1.54) is 0 Å². The highest BCUT2D eigenvalue weighted by Crippen LogP contribution is 2.24. The minimum atomic E-state index is -0.498. The number of rotatable bonds is 4. The molecule has 1 aliphatic heterocycles. The number of hydrogen-bond donors (Lipinski definition) is 1. The maximum Gasteiger partial charge on any atom is 0.410 e. The molecule has 1 N–H and O–H groups in total. The normalized spacial score (nSPS) is 17.5. The number of ether oxygens (including phenoxy) is 1. The number of nitrogens with zero attached hydrogens (tertiary/aromatic N) is 4. The van der Waals surface area contributed by atoms with Crippen molar-refractivity contribution in [3.63, 3.8) is 0 Å². The molecule has 2 rings (SSSR count). The smallest absolute Gasteiger partial charge is 0.410 e. The van der Waals surface area contributed by atoms with Crippen molar-refractivity contribution in [3.05, 3.63) is 23.8 Å². The van der Waals surface area contributed by atoms with Gasteiger partial charge in [0.2, 0.25) is 0 Å². The van der Waals surface area contributed by atoms with Gasteiger partial charge in [-0.25, -0.2) is 9.79 Å². The van der Waals surface area contributed by atoms with E-state index in [0.29, 0.717) is 24.3 Å². The molecule has 7 heteroatoms. The van der Waals surface area contributed by atoms with Crippen molar-refractivity contribution < 1.29 is 9.53 Å². The van der Waals surface area contributed by atoms with Crippen molar-refractivity contribution in [2.45, 2.75) is 45.3 Å². The van der Waals surface area contributed by atoms with Gasteiger partial charge in [0, 0.05) is 38.9 Å². The van der Waals surface area contributed by atoms with Crippen LogP contribution in [-0.4, -0.2) is 61.1 Å². The molecule has 0 aromatic heterocycles. The summed E-state index contributed by atoms with van der Waals surface area (Å²) in [7, 11) is 3.76. The molecule has 1 aromatic carbocycles. The lowest BCUT2D eigenvalue weighted by Gasteiger charge is -2.34. The number of amides is 1. The third-order valence-electron chi connectivity index (χ3n) is 3.99. The van der Waals surface area contributed by atoms with Gasteiger partial charge in [-0.15, -0.1) is 0 Å². The Hall–Kier alpha value is -2.75. The van der Waals surface area contributed by atoms with Crippen LogP contribution in [0.5, 0.6) is 0 Å². The zero-order valence-corrected chi connectivity index (χ0v) is 16.8. The molecule has 0 radical (unpaired) electrons. The standard InChI is InChI=1S/C20H29N5O2/c1-20(2,3)27-19(26)25-10-6-7-17(13-25)23-16-8-9-18(15(11-16)12-21)22-14-24(4)5/h8-9,11,14,17,23H,6-7,10,13H2,1-5H3/b22-14+. The van der Waals surface area contributed by atoms with Crippen molar-refractivity contribution in [3.8, 4) is 6.07 Å². The Bertz CT molecular complexity index is 731. The number of anilines is 1. The van der Waals surface area contributed by atoms with Gasteiger partial charge in [0.1, 0.15) is 11.7 Å². The molecule has 1 unspecified atom stereocenters. The van der Waals surface area contributed by atoms with Crippen molar-refractivity contribution >= 4 is 23.8 Å². The van der Waals surface area contributed by atoms with Gasteiger partial charge in [-0.3, -0.25) is 0 Å². The number of aliphatic imine (C=N–C) groups is 1. The fourth-order valence-corrected chi connectivity index (χ4v) is 2.83. The van der Waals surface area contributed by atoms with Crippen molar-refractivity contribution in [1.82, 2.24) is 9.80 Å². The molecule has 1 aliphatic rings. The van der Waals surface area contributed by atoms with E-state index in [0.717, 1.165) is 18.5 Å². The van der Waals surface area contributed by atoms with Crippen LogP contribution in [0.3, 0.4) is 0 Å². The molecule has 1 fully saturated rings. The first-order valence-electron chi connectivity index (χ1n) is 9.17. The average molecular weight is 371 g/mol. The maximum atomic E-state index is 12.3. The molecule has 0 spiro atoms. The fraction of sp³-hybridized carbons (Fsp3) is 0.550. The molecule has 1 amide bonds. The zero-order chi connectivity index (χ0) is 20.0. The van der Waals surface area contributed by atoms with Crippen molar-refractivity contribution in [2.24, 2.45) is 4.99 Å². The molecule has 7 nitrogen and oxygen atoms in total. The molecule has 27 heavy (non-hydrogen) atoms. The largest absolute Gasteiger partial charge is 0.444 e. The second-order valence-electron chi connectivity index (χ2n) is 7.96. The summed E-state index contributed by atoms with van der Waals surface area (Å²) in [6.07, 6.45) is 3.26. The summed E-state index contributed by atoms with van der Waals surface area (Å²) in [5.74, 6) is 0. The highest BCUT2D eigenvalue weighted by molar-refractivity contribution is 5.69. The zero-order valence-electron chi connectivity index (χ0n) is 16.8. The first kappa shape index (κ1) is 20.6. The molecule has 1 saturated heterocycles. The van der Waals surface area contributed by atoms with E-state index in [2.05, 4.69) is 16.4 Å². The van der Waals surface area contributed by atoms with Crippen LogP contribution in [0.4, 0.5) is 16.2 Å². The number of nitriles is 1. The minimum Gasteiger partial charge on any atom is -0.444 e. The van der Waals surface area contributed by atoms with Gasteiger partial charge in [-0.1, -0.05) is 0 Å². The Labute approximate surface area is 161 Å². The van der Waals surface area contributed by atoms with E-state index in [-0.39, 0.29) is 12.1 Å². The summed E-state index contributed by atoms with van der Waals surface area (Å²) in [5.41, 5.74) is 1.50. The SMILES string of the molecule is CN(C)/C=N/c1ccc(NC2CCCN(C(=O)OC(C)(C)C)C2)cc1C#N. The van der Waals surface area contributed by atoms with Gasteiger partial charge >= 0.3 is 6.09 Å². The van der Waals surface area contributed by atoms with E-state index in [4.69, 9.17) is 4.74 Å². The van der Waals surface area contributed by atoms with Crippen LogP contribution in [-0.2, 0) is 4.74 Å². The number of hydrogen-bond acceptors (Lipinski definition) is 5.